The third-order valence-electron chi connectivity index (χ3n) is 5.09. The lowest BCUT2D eigenvalue weighted by Crippen LogP contribution is -2.14. The van der Waals surface area contributed by atoms with Crippen molar-refractivity contribution in [3.8, 4) is 0 Å². The van der Waals surface area contributed by atoms with Crippen molar-refractivity contribution < 1.29 is 0 Å². The van der Waals surface area contributed by atoms with Crippen LogP contribution in [-0.4, -0.2) is 10.7 Å². The number of pyridine rings is 1. The molecule has 2 aromatic carbocycles. The highest BCUT2D eigenvalue weighted by Crippen LogP contribution is 2.31. The first-order valence-electron chi connectivity index (χ1n) is 9.02. The van der Waals surface area contributed by atoms with E-state index in [0.29, 0.717) is 5.92 Å². The topological polar surface area (TPSA) is 37.3 Å². The summed E-state index contributed by atoms with van der Waals surface area (Å²) in [7, 11) is 0. The van der Waals surface area contributed by atoms with Crippen LogP contribution in [-0.2, 0) is 0 Å². The van der Waals surface area contributed by atoms with Gasteiger partial charge in [-0.25, -0.2) is 4.98 Å². The number of aryl methyl sites for hydroxylation is 1. The minimum Gasteiger partial charge on any atom is -0.261 e. The molecule has 0 saturated heterocycles. The van der Waals surface area contributed by atoms with Crippen LogP contribution in [0.3, 0.4) is 0 Å². The lowest BCUT2D eigenvalue weighted by atomic mass is 9.83. The van der Waals surface area contributed by atoms with E-state index in [1.165, 1.54) is 35.1 Å². The van der Waals surface area contributed by atoms with Gasteiger partial charge in [0.25, 0.3) is 0 Å². The van der Waals surface area contributed by atoms with Crippen LogP contribution in [0.2, 0.25) is 0 Å². The molecule has 25 heavy (non-hydrogen) atoms. The Morgan fingerprint density at radius 2 is 1.68 bits per heavy atom. The minimum atomic E-state index is 0.668. The lowest BCUT2D eigenvalue weighted by Gasteiger charge is -2.23. The van der Waals surface area contributed by atoms with E-state index in [-0.39, 0.29) is 0 Å². The zero-order valence-electron chi connectivity index (χ0n) is 14.6. The van der Waals surface area contributed by atoms with Gasteiger partial charge in [0, 0.05) is 11.1 Å². The third-order valence-corrected chi connectivity index (χ3v) is 5.09. The summed E-state index contributed by atoms with van der Waals surface area (Å²) in [6.07, 6.45) is 4.46. The predicted molar refractivity (Wildman–Crippen MR) is 105 cm³/mol. The molecule has 0 aliphatic heterocycles. The zero-order chi connectivity index (χ0) is 17.1. The molecule has 1 saturated carbocycles. The van der Waals surface area contributed by atoms with Crippen LogP contribution in [0.5, 0.6) is 0 Å². The Bertz CT molecular complexity index is 890. The summed E-state index contributed by atoms with van der Waals surface area (Å²) >= 11 is 0. The SMILES string of the molecule is Cc1cc(NN=C2CCC(c3ccccc3)CC2)nc2ccccc12. The summed E-state index contributed by atoms with van der Waals surface area (Å²) in [5.41, 5.74) is 8.12. The number of anilines is 1. The molecule has 3 aromatic rings. The van der Waals surface area contributed by atoms with E-state index in [9.17, 15) is 0 Å². The summed E-state index contributed by atoms with van der Waals surface area (Å²) in [6, 6.07) is 21.1. The van der Waals surface area contributed by atoms with Crippen molar-refractivity contribution in [2.75, 3.05) is 5.43 Å². The molecule has 1 aromatic heterocycles. The number of rotatable bonds is 3. The van der Waals surface area contributed by atoms with Gasteiger partial charge in [0.1, 0.15) is 5.82 Å². The van der Waals surface area contributed by atoms with Gasteiger partial charge in [-0.3, -0.25) is 5.43 Å². The highest BCUT2D eigenvalue weighted by molar-refractivity contribution is 5.87. The van der Waals surface area contributed by atoms with Crippen LogP contribution in [0.15, 0.2) is 65.8 Å². The largest absolute Gasteiger partial charge is 0.261 e. The fourth-order valence-corrected chi connectivity index (χ4v) is 3.66. The fraction of sp³-hybridized carbons (Fsp3) is 0.273. The average molecular weight is 329 g/mol. The second kappa shape index (κ2) is 7.06. The number of hydrogen-bond donors (Lipinski definition) is 1. The van der Waals surface area contributed by atoms with E-state index in [4.69, 9.17) is 0 Å². The first kappa shape index (κ1) is 15.8. The van der Waals surface area contributed by atoms with Crippen LogP contribution in [0.4, 0.5) is 5.82 Å². The summed E-state index contributed by atoms with van der Waals surface area (Å²) in [5.74, 6) is 1.50. The van der Waals surface area contributed by atoms with E-state index in [1.807, 2.05) is 12.1 Å². The van der Waals surface area contributed by atoms with Gasteiger partial charge in [0.15, 0.2) is 0 Å². The smallest absolute Gasteiger partial charge is 0.147 e. The summed E-state index contributed by atoms with van der Waals surface area (Å²) in [4.78, 5) is 4.66. The number of nitrogens with one attached hydrogen (secondary N) is 1. The third kappa shape index (κ3) is 3.55. The number of hydrogen-bond acceptors (Lipinski definition) is 3. The molecule has 126 valence electrons. The Balaban J connectivity index is 1.43. The predicted octanol–water partition coefficient (Wildman–Crippen LogP) is 5.67. The molecule has 0 atom stereocenters. The number of benzene rings is 2. The van der Waals surface area contributed by atoms with E-state index in [1.54, 1.807) is 0 Å². The lowest BCUT2D eigenvalue weighted by molar-refractivity contribution is 0.566. The molecule has 4 rings (SSSR count). The zero-order valence-corrected chi connectivity index (χ0v) is 14.6. The summed E-state index contributed by atoms with van der Waals surface area (Å²) in [5, 5.41) is 5.83. The molecule has 1 N–H and O–H groups in total. The summed E-state index contributed by atoms with van der Waals surface area (Å²) in [6.45, 7) is 2.12. The van der Waals surface area contributed by atoms with Crippen molar-refractivity contribution in [3.05, 3.63) is 71.8 Å². The number of aromatic nitrogens is 1. The van der Waals surface area contributed by atoms with Crippen molar-refractivity contribution in [1.29, 1.82) is 0 Å². The molecule has 1 aliphatic carbocycles. The van der Waals surface area contributed by atoms with Crippen LogP contribution in [0, 0.1) is 6.92 Å². The van der Waals surface area contributed by atoms with Gasteiger partial charge in [-0.2, -0.15) is 5.10 Å². The van der Waals surface area contributed by atoms with E-state index in [0.717, 1.165) is 24.2 Å². The standard InChI is InChI=1S/C22H23N3/c1-16-15-22(23-21-10-6-5-9-20(16)21)25-24-19-13-11-18(12-14-19)17-7-3-2-4-8-17/h2-10,15,18H,11-14H2,1H3,(H,23,25). The van der Waals surface area contributed by atoms with Crippen molar-refractivity contribution in [2.45, 2.75) is 38.5 Å². The van der Waals surface area contributed by atoms with E-state index in [2.05, 4.69) is 71.0 Å². The highest BCUT2D eigenvalue weighted by atomic mass is 15.3. The maximum atomic E-state index is 4.66. The number of nitrogens with zero attached hydrogens (tertiary/aromatic N) is 2. The van der Waals surface area contributed by atoms with Gasteiger partial charge in [0.2, 0.25) is 0 Å². The van der Waals surface area contributed by atoms with Crippen molar-refractivity contribution in [3.63, 3.8) is 0 Å². The fourth-order valence-electron chi connectivity index (χ4n) is 3.66. The van der Waals surface area contributed by atoms with Crippen LogP contribution >= 0.6 is 0 Å². The molecule has 0 spiro atoms. The number of para-hydroxylation sites is 1. The Hall–Kier alpha value is -2.68. The molecular formula is C22H23N3. The first-order chi connectivity index (χ1) is 12.3. The molecule has 0 unspecified atom stereocenters. The Kier molecular flexibility index (Phi) is 4.47. The second-order valence-corrected chi connectivity index (χ2v) is 6.82. The molecule has 1 heterocycles. The molecule has 3 heteroatoms. The molecule has 0 radical (unpaired) electrons. The summed E-state index contributed by atoms with van der Waals surface area (Å²) < 4.78 is 0. The molecule has 1 aliphatic rings. The van der Waals surface area contributed by atoms with Crippen LogP contribution in [0.1, 0.15) is 42.7 Å². The minimum absolute atomic E-state index is 0.668. The quantitative estimate of drug-likeness (QED) is 0.629. The van der Waals surface area contributed by atoms with Gasteiger partial charge in [-0.15, -0.1) is 0 Å². The molecule has 3 nitrogen and oxygen atoms in total. The van der Waals surface area contributed by atoms with Crippen molar-refractivity contribution >= 4 is 22.4 Å². The monoisotopic (exact) mass is 329 g/mol. The highest BCUT2D eigenvalue weighted by Gasteiger charge is 2.19. The number of fused-ring (bicyclic) bond motifs is 1. The maximum absolute atomic E-state index is 4.66. The average Bonchev–Trinajstić information content (AvgIpc) is 2.68. The maximum Gasteiger partial charge on any atom is 0.147 e. The van der Waals surface area contributed by atoms with Crippen molar-refractivity contribution in [2.24, 2.45) is 5.10 Å². The van der Waals surface area contributed by atoms with Crippen LogP contribution in [0.25, 0.3) is 10.9 Å². The molecule has 1 fully saturated rings. The molecule has 0 amide bonds. The van der Waals surface area contributed by atoms with Crippen LogP contribution < -0.4 is 5.43 Å². The van der Waals surface area contributed by atoms with Gasteiger partial charge >= 0.3 is 0 Å². The van der Waals surface area contributed by atoms with Crippen molar-refractivity contribution in [1.82, 2.24) is 4.98 Å². The normalized spacial score (nSPS) is 17.5. The van der Waals surface area contributed by atoms with Gasteiger partial charge in [-0.1, -0.05) is 48.5 Å². The molecule has 0 bridgehead atoms. The van der Waals surface area contributed by atoms with Gasteiger partial charge in [-0.05, 0) is 61.8 Å². The second-order valence-electron chi connectivity index (χ2n) is 6.82. The Labute approximate surface area is 148 Å². The van der Waals surface area contributed by atoms with E-state index >= 15 is 0 Å². The first-order valence-corrected chi connectivity index (χ1v) is 9.02. The molecular weight excluding hydrogens is 306 g/mol. The van der Waals surface area contributed by atoms with Gasteiger partial charge in [0.05, 0.1) is 5.52 Å². The van der Waals surface area contributed by atoms with Gasteiger partial charge < -0.3 is 0 Å². The Morgan fingerprint density at radius 1 is 0.960 bits per heavy atom. The Morgan fingerprint density at radius 3 is 2.48 bits per heavy atom. The van der Waals surface area contributed by atoms with E-state index < -0.39 is 0 Å². The number of hydrazone groups is 1.